The van der Waals surface area contributed by atoms with E-state index in [2.05, 4.69) is 28.7 Å². The highest BCUT2D eigenvalue weighted by Gasteiger charge is 2.27. The summed E-state index contributed by atoms with van der Waals surface area (Å²) < 4.78 is 0. The molecule has 0 unspecified atom stereocenters. The van der Waals surface area contributed by atoms with Gasteiger partial charge >= 0.3 is 0 Å². The summed E-state index contributed by atoms with van der Waals surface area (Å²) in [6.45, 7) is 8.32. The van der Waals surface area contributed by atoms with E-state index in [4.69, 9.17) is 0 Å². The van der Waals surface area contributed by atoms with Crippen molar-refractivity contribution in [3.63, 3.8) is 0 Å². The van der Waals surface area contributed by atoms with Crippen molar-refractivity contribution in [3.05, 3.63) is 22.2 Å². The van der Waals surface area contributed by atoms with Crippen molar-refractivity contribution in [1.82, 2.24) is 9.97 Å². The highest BCUT2D eigenvalue weighted by Crippen LogP contribution is 2.30. The standard InChI is InChI=1S/C12H19N3O/c1-9-13-10(7-11(16)14-9)15-6-4-5-12(2,3)8-15/h7H,4-6,8H2,1-3H3,(H,13,14,16). The molecule has 16 heavy (non-hydrogen) atoms. The molecule has 1 aliphatic heterocycles. The largest absolute Gasteiger partial charge is 0.356 e. The summed E-state index contributed by atoms with van der Waals surface area (Å²) in [5.74, 6) is 1.50. The SMILES string of the molecule is Cc1nc(N2CCCC(C)(C)C2)cc(=O)[nH]1. The number of hydrogen-bond acceptors (Lipinski definition) is 3. The quantitative estimate of drug-likeness (QED) is 0.785. The number of nitrogens with zero attached hydrogens (tertiary/aromatic N) is 2. The Labute approximate surface area is 95.7 Å². The summed E-state index contributed by atoms with van der Waals surface area (Å²) in [5, 5.41) is 0. The van der Waals surface area contributed by atoms with Gasteiger partial charge in [-0.2, -0.15) is 0 Å². The lowest BCUT2D eigenvalue weighted by molar-refractivity contribution is 0.292. The fraction of sp³-hybridized carbons (Fsp3) is 0.667. The van der Waals surface area contributed by atoms with Crippen LogP contribution < -0.4 is 10.5 Å². The molecule has 1 aliphatic rings. The van der Waals surface area contributed by atoms with Crippen LogP contribution in [0, 0.1) is 12.3 Å². The second kappa shape index (κ2) is 3.92. The summed E-state index contributed by atoms with van der Waals surface area (Å²) in [6, 6.07) is 1.59. The van der Waals surface area contributed by atoms with Gasteiger partial charge < -0.3 is 9.88 Å². The Morgan fingerprint density at radius 2 is 2.25 bits per heavy atom. The maximum Gasteiger partial charge on any atom is 0.252 e. The number of aromatic amines is 1. The van der Waals surface area contributed by atoms with Crippen LogP contribution in [0.5, 0.6) is 0 Å². The van der Waals surface area contributed by atoms with E-state index in [0.29, 0.717) is 11.2 Å². The molecule has 0 atom stereocenters. The molecule has 0 bridgehead atoms. The van der Waals surface area contributed by atoms with Crippen molar-refractivity contribution >= 4 is 5.82 Å². The minimum atomic E-state index is -0.0640. The van der Waals surface area contributed by atoms with Crippen LogP contribution in [0.4, 0.5) is 5.82 Å². The maximum atomic E-state index is 11.4. The Morgan fingerprint density at radius 3 is 2.88 bits per heavy atom. The van der Waals surface area contributed by atoms with Gasteiger partial charge in [0.2, 0.25) is 0 Å². The smallest absolute Gasteiger partial charge is 0.252 e. The second-order valence-electron chi connectivity index (χ2n) is 5.38. The molecule has 0 radical (unpaired) electrons. The molecule has 2 rings (SSSR count). The van der Waals surface area contributed by atoms with Crippen LogP contribution in [0.25, 0.3) is 0 Å². The molecule has 1 N–H and O–H groups in total. The van der Waals surface area contributed by atoms with Crippen molar-refractivity contribution in [2.24, 2.45) is 5.41 Å². The van der Waals surface area contributed by atoms with Crippen LogP contribution in [0.2, 0.25) is 0 Å². The van der Waals surface area contributed by atoms with E-state index in [1.807, 2.05) is 6.92 Å². The molecule has 88 valence electrons. The minimum absolute atomic E-state index is 0.0640. The van der Waals surface area contributed by atoms with Crippen LogP contribution in [-0.2, 0) is 0 Å². The predicted molar refractivity (Wildman–Crippen MR) is 64.8 cm³/mol. The Kier molecular flexibility index (Phi) is 2.74. The molecule has 1 saturated heterocycles. The number of nitrogens with one attached hydrogen (secondary N) is 1. The van der Waals surface area contributed by atoms with Crippen molar-refractivity contribution in [2.75, 3.05) is 18.0 Å². The van der Waals surface area contributed by atoms with Gasteiger partial charge in [0.05, 0.1) is 0 Å². The van der Waals surface area contributed by atoms with Crippen molar-refractivity contribution in [3.8, 4) is 0 Å². The van der Waals surface area contributed by atoms with Crippen molar-refractivity contribution in [2.45, 2.75) is 33.6 Å². The molecule has 1 aromatic heterocycles. The Bertz CT molecular complexity index is 436. The van der Waals surface area contributed by atoms with E-state index in [9.17, 15) is 4.79 Å². The number of rotatable bonds is 1. The van der Waals surface area contributed by atoms with Gasteiger partial charge in [-0.25, -0.2) is 4.98 Å². The Balaban J connectivity index is 2.27. The van der Waals surface area contributed by atoms with Gasteiger partial charge in [-0.05, 0) is 25.2 Å². The van der Waals surface area contributed by atoms with Gasteiger partial charge in [0.25, 0.3) is 5.56 Å². The van der Waals surface area contributed by atoms with Crippen molar-refractivity contribution < 1.29 is 0 Å². The number of aryl methyl sites for hydroxylation is 1. The topological polar surface area (TPSA) is 49.0 Å². The first-order chi connectivity index (χ1) is 7.46. The van der Waals surface area contributed by atoms with Crippen LogP contribution in [-0.4, -0.2) is 23.1 Å². The number of hydrogen-bond donors (Lipinski definition) is 1. The summed E-state index contributed by atoms with van der Waals surface area (Å²) in [4.78, 5) is 20.7. The molecule has 4 heteroatoms. The number of H-pyrrole nitrogens is 1. The lowest BCUT2D eigenvalue weighted by Crippen LogP contribution is -2.41. The summed E-state index contributed by atoms with van der Waals surface area (Å²) >= 11 is 0. The molecule has 0 saturated carbocycles. The van der Waals surface area contributed by atoms with Gasteiger partial charge in [0.1, 0.15) is 11.6 Å². The zero-order chi connectivity index (χ0) is 11.8. The van der Waals surface area contributed by atoms with Gasteiger partial charge in [-0.15, -0.1) is 0 Å². The van der Waals surface area contributed by atoms with Crippen molar-refractivity contribution in [1.29, 1.82) is 0 Å². The maximum absolute atomic E-state index is 11.4. The molecule has 0 spiro atoms. The second-order valence-corrected chi connectivity index (χ2v) is 5.38. The molecular formula is C12H19N3O. The lowest BCUT2D eigenvalue weighted by atomic mass is 9.84. The van der Waals surface area contributed by atoms with Crippen LogP contribution >= 0.6 is 0 Å². The predicted octanol–water partition coefficient (Wildman–Crippen LogP) is 1.70. The third-order valence-corrected chi connectivity index (χ3v) is 3.07. The van der Waals surface area contributed by atoms with Gasteiger partial charge in [0, 0.05) is 19.2 Å². The average molecular weight is 221 g/mol. The molecule has 0 amide bonds. The molecular weight excluding hydrogens is 202 g/mol. The van der Waals surface area contributed by atoms with Crippen LogP contribution in [0.1, 0.15) is 32.5 Å². The Hall–Kier alpha value is -1.32. The van der Waals surface area contributed by atoms with Gasteiger partial charge in [-0.3, -0.25) is 4.79 Å². The molecule has 0 aliphatic carbocycles. The zero-order valence-corrected chi connectivity index (χ0v) is 10.2. The minimum Gasteiger partial charge on any atom is -0.356 e. The molecule has 4 nitrogen and oxygen atoms in total. The van der Waals surface area contributed by atoms with Crippen LogP contribution in [0.3, 0.4) is 0 Å². The number of anilines is 1. The molecule has 2 heterocycles. The highest BCUT2D eigenvalue weighted by molar-refractivity contribution is 5.38. The van der Waals surface area contributed by atoms with E-state index in [1.54, 1.807) is 6.07 Å². The van der Waals surface area contributed by atoms with Crippen LogP contribution in [0.15, 0.2) is 10.9 Å². The zero-order valence-electron chi connectivity index (χ0n) is 10.2. The first kappa shape index (κ1) is 11.2. The van der Waals surface area contributed by atoms with Gasteiger partial charge in [0.15, 0.2) is 0 Å². The van der Waals surface area contributed by atoms with E-state index in [1.165, 1.54) is 12.8 Å². The fourth-order valence-corrected chi connectivity index (χ4v) is 2.34. The summed E-state index contributed by atoms with van der Waals surface area (Å²) in [6.07, 6.45) is 2.41. The Morgan fingerprint density at radius 1 is 1.50 bits per heavy atom. The number of piperidine rings is 1. The monoisotopic (exact) mass is 221 g/mol. The first-order valence-electron chi connectivity index (χ1n) is 5.79. The van der Waals surface area contributed by atoms with E-state index in [-0.39, 0.29) is 5.56 Å². The molecule has 1 aromatic rings. The normalized spacial score (nSPS) is 19.8. The highest BCUT2D eigenvalue weighted by atomic mass is 16.1. The third kappa shape index (κ3) is 2.43. The van der Waals surface area contributed by atoms with E-state index in [0.717, 1.165) is 18.9 Å². The first-order valence-corrected chi connectivity index (χ1v) is 5.79. The van der Waals surface area contributed by atoms with E-state index >= 15 is 0 Å². The van der Waals surface area contributed by atoms with E-state index < -0.39 is 0 Å². The van der Waals surface area contributed by atoms with Gasteiger partial charge in [-0.1, -0.05) is 13.8 Å². The molecule has 1 fully saturated rings. The number of aromatic nitrogens is 2. The average Bonchev–Trinajstić information content (AvgIpc) is 2.14. The summed E-state index contributed by atoms with van der Waals surface area (Å²) in [7, 11) is 0. The fourth-order valence-electron chi connectivity index (χ4n) is 2.34. The molecule has 0 aromatic carbocycles. The summed E-state index contributed by atoms with van der Waals surface area (Å²) in [5.41, 5.74) is 0.252. The lowest BCUT2D eigenvalue weighted by Gasteiger charge is -2.38. The third-order valence-electron chi connectivity index (χ3n) is 3.07.